The van der Waals surface area contributed by atoms with Crippen LogP contribution >= 0.6 is 11.3 Å². The highest BCUT2D eigenvalue weighted by atomic mass is 32.1. The van der Waals surface area contributed by atoms with Crippen molar-refractivity contribution >= 4 is 16.3 Å². The molecule has 0 saturated carbocycles. The van der Waals surface area contributed by atoms with Crippen molar-refractivity contribution in [1.82, 2.24) is 28.9 Å². The molecule has 0 N–H and O–H groups in total. The van der Waals surface area contributed by atoms with Crippen LogP contribution in [0.2, 0.25) is 0 Å². The Morgan fingerprint density at radius 2 is 1.82 bits per heavy atom. The molecular weight excluding hydrogens is 372 g/mol. The molecule has 0 fully saturated rings. The van der Waals surface area contributed by atoms with Gasteiger partial charge in [-0.1, -0.05) is 18.2 Å². The van der Waals surface area contributed by atoms with Crippen molar-refractivity contribution in [2.45, 2.75) is 13.5 Å². The maximum Gasteiger partial charge on any atom is 0.259 e. The zero-order valence-electron chi connectivity index (χ0n) is 15.1. The van der Waals surface area contributed by atoms with Gasteiger partial charge >= 0.3 is 0 Å². The minimum Gasteiger partial charge on any atom is -0.269 e. The molecule has 0 radical (unpaired) electrons. The van der Waals surface area contributed by atoms with Crippen LogP contribution in [0.4, 0.5) is 0 Å². The maximum absolute atomic E-state index is 12.3. The minimum absolute atomic E-state index is 0.0599. The van der Waals surface area contributed by atoms with Crippen LogP contribution in [-0.4, -0.2) is 28.9 Å². The van der Waals surface area contributed by atoms with Gasteiger partial charge in [0.25, 0.3) is 5.56 Å². The van der Waals surface area contributed by atoms with Crippen LogP contribution in [0.15, 0.2) is 71.4 Å². The monoisotopic (exact) mass is 388 g/mol. The van der Waals surface area contributed by atoms with Gasteiger partial charge in [0.15, 0.2) is 4.96 Å². The zero-order valence-corrected chi connectivity index (χ0v) is 15.9. The SMILES string of the molecule is Cc1csc2nc(Cn3cc(-c4cnn(-c5ccccc5)c4)cn3)cc(=O)n12. The molecule has 0 bridgehead atoms. The van der Waals surface area contributed by atoms with E-state index in [0.29, 0.717) is 17.2 Å². The molecule has 0 aliphatic heterocycles. The summed E-state index contributed by atoms with van der Waals surface area (Å²) in [5.74, 6) is 0. The van der Waals surface area contributed by atoms with Crippen molar-refractivity contribution < 1.29 is 0 Å². The van der Waals surface area contributed by atoms with E-state index < -0.39 is 0 Å². The number of aromatic nitrogens is 6. The molecule has 138 valence electrons. The number of rotatable bonds is 4. The normalized spacial score (nSPS) is 11.3. The van der Waals surface area contributed by atoms with Crippen molar-refractivity contribution in [3.63, 3.8) is 0 Å². The van der Waals surface area contributed by atoms with Crippen LogP contribution in [-0.2, 0) is 6.54 Å². The number of benzene rings is 1. The van der Waals surface area contributed by atoms with Crippen LogP contribution in [0.3, 0.4) is 0 Å². The molecule has 0 amide bonds. The number of para-hydroxylation sites is 1. The summed E-state index contributed by atoms with van der Waals surface area (Å²) in [6.07, 6.45) is 7.53. The topological polar surface area (TPSA) is 70.0 Å². The number of fused-ring (bicyclic) bond motifs is 1. The molecule has 1 aromatic carbocycles. The summed E-state index contributed by atoms with van der Waals surface area (Å²) in [5.41, 5.74) is 4.49. The fraction of sp³-hybridized carbons (Fsp3) is 0.100. The van der Waals surface area contributed by atoms with Gasteiger partial charge in [-0.05, 0) is 19.1 Å². The highest BCUT2D eigenvalue weighted by molar-refractivity contribution is 7.15. The predicted molar refractivity (Wildman–Crippen MR) is 108 cm³/mol. The molecule has 4 heterocycles. The van der Waals surface area contributed by atoms with Crippen molar-refractivity contribution in [1.29, 1.82) is 0 Å². The number of hydrogen-bond acceptors (Lipinski definition) is 5. The molecular formula is C20H16N6OS. The number of nitrogens with zero attached hydrogens (tertiary/aromatic N) is 6. The van der Waals surface area contributed by atoms with E-state index >= 15 is 0 Å². The third kappa shape index (κ3) is 2.93. The van der Waals surface area contributed by atoms with Gasteiger partial charge < -0.3 is 0 Å². The maximum atomic E-state index is 12.3. The second-order valence-corrected chi connectivity index (χ2v) is 7.35. The van der Waals surface area contributed by atoms with Gasteiger partial charge in [-0.3, -0.25) is 13.9 Å². The highest BCUT2D eigenvalue weighted by Gasteiger charge is 2.09. The van der Waals surface area contributed by atoms with Gasteiger partial charge in [-0.2, -0.15) is 10.2 Å². The Kier molecular flexibility index (Phi) is 3.91. The summed E-state index contributed by atoms with van der Waals surface area (Å²) in [6.45, 7) is 2.34. The summed E-state index contributed by atoms with van der Waals surface area (Å²) < 4.78 is 5.25. The van der Waals surface area contributed by atoms with E-state index in [4.69, 9.17) is 0 Å². The summed E-state index contributed by atoms with van der Waals surface area (Å²) in [7, 11) is 0. The first-order valence-corrected chi connectivity index (χ1v) is 9.65. The lowest BCUT2D eigenvalue weighted by Gasteiger charge is -2.02. The lowest BCUT2D eigenvalue weighted by molar-refractivity contribution is 0.671. The third-order valence-corrected chi connectivity index (χ3v) is 5.47. The lowest BCUT2D eigenvalue weighted by Crippen LogP contribution is -2.16. The first-order chi connectivity index (χ1) is 13.7. The molecule has 28 heavy (non-hydrogen) atoms. The largest absolute Gasteiger partial charge is 0.269 e. The Morgan fingerprint density at radius 3 is 2.68 bits per heavy atom. The number of thiazole rings is 1. The van der Waals surface area contributed by atoms with Crippen molar-refractivity contribution in [3.05, 3.63) is 88.3 Å². The van der Waals surface area contributed by atoms with Crippen molar-refractivity contribution in [2.24, 2.45) is 0 Å². The first kappa shape index (κ1) is 16.6. The summed E-state index contributed by atoms with van der Waals surface area (Å²) in [5, 5.41) is 10.8. The van der Waals surface area contributed by atoms with Crippen LogP contribution in [0.5, 0.6) is 0 Å². The standard InChI is InChI=1S/C20H16N6OS/c1-14-13-28-20-23-17(7-19(27)26(14)20)12-24-10-15(8-21-24)16-9-22-25(11-16)18-5-3-2-4-6-18/h2-11,13H,12H2,1H3. The average Bonchev–Trinajstić information content (AvgIpc) is 3.43. The zero-order chi connectivity index (χ0) is 19.1. The highest BCUT2D eigenvalue weighted by Crippen LogP contribution is 2.20. The molecule has 8 heteroatoms. The Morgan fingerprint density at radius 1 is 1.04 bits per heavy atom. The van der Waals surface area contributed by atoms with E-state index in [-0.39, 0.29) is 5.56 Å². The van der Waals surface area contributed by atoms with E-state index in [1.807, 2.05) is 65.9 Å². The molecule has 4 aromatic heterocycles. The molecule has 0 unspecified atom stereocenters. The van der Waals surface area contributed by atoms with Crippen LogP contribution < -0.4 is 5.56 Å². The number of aryl methyl sites for hydroxylation is 1. The summed E-state index contributed by atoms with van der Waals surface area (Å²) in [6, 6.07) is 11.5. The van der Waals surface area contributed by atoms with E-state index in [2.05, 4.69) is 15.2 Å². The van der Waals surface area contributed by atoms with Gasteiger partial charge in [0, 0.05) is 40.7 Å². The molecule has 0 aliphatic carbocycles. The second kappa shape index (κ2) is 6.58. The molecule has 0 saturated heterocycles. The molecule has 0 spiro atoms. The Labute approximate surface area is 164 Å². The van der Waals surface area contributed by atoms with Gasteiger partial charge in [-0.15, -0.1) is 11.3 Å². The van der Waals surface area contributed by atoms with Crippen LogP contribution in [0, 0.1) is 6.92 Å². The van der Waals surface area contributed by atoms with Crippen molar-refractivity contribution in [2.75, 3.05) is 0 Å². The summed E-state index contributed by atoms with van der Waals surface area (Å²) in [4.78, 5) is 17.6. The molecule has 5 rings (SSSR count). The fourth-order valence-electron chi connectivity index (χ4n) is 3.14. The van der Waals surface area contributed by atoms with Gasteiger partial charge in [0.05, 0.1) is 30.3 Å². The predicted octanol–water partition coefficient (Wildman–Crippen LogP) is 3.16. The summed E-state index contributed by atoms with van der Waals surface area (Å²) >= 11 is 1.47. The molecule has 0 atom stereocenters. The van der Waals surface area contributed by atoms with Crippen molar-refractivity contribution in [3.8, 4) is 16.8 Å². The fourth-order valence-corrected chi connectivity index (χ4v) is 4.03. The minimum atomic E-state index is -0.0599. The van der Waals surface area contributed by atoms with E-state index in [1.54, 1.807) is 21.3 Å². The molecule has 7 nitrogen and oxygen atoms in total. The Bertz CT molecular complexity index is 1330. The quantitative estimate of drug-likeness (QED) is 0.474. The smallest absolute Gasteiger partial charge is 0.259 e. The third-order valence-electron chi connectivity index (χ3n) is 4.52. The first-order valence-electron chi connectivity index (χ1n) is 8.77. The lowest BCUT2D eigenvalue weighted by atomic mass is 10.2. The molecule has 5 aromatic rings. The van der Waals surface area contributed by atoms with Gasteiger partial charge in [-0.25, -0.2) is 9.67 Å². The van der Waals surface area contributed by atoms with E-state index in [1.165, 1.54) is 11.3 Å². The van der Waals surface area contributed by atoms with E-state index in [9.17, 15) is 4.79 Å². The second-order valence-electron chi connectivity index (χ2n) is 6.52. The van der Waals surface area contributed by atoms with Gasteiger partial charge in [0.1, 0.15) is 0 Å². The Balaban J connectivity index is 1.41. The average molecular weight is 388 g/mol. The van der Waals surface area contributed by atoms with Crippen LogP contribution in [0.1, 0.15) is 11.4 Å². The van der Waals surface area contributed by atoms with E-state index in [0.717, 1.165) is 22.5 Å². The van der Waals surface area contributed by atoms with Gasteiger partial charge in [0.2, 0.25) is 0 Å². The van der Waals surface area contributed by atoms with Crippen LogP contribution in [0.25, 0.3) is 21.8 Å². The Hall–Kier alpha value is -3.52. The molecule has 0 aliphatic rings. The number of hydrogen-bond donors (Lipinski definition) is 0.